The largest absolute Gasteiger partial charge is 0.461 e. The van der Waals surface area contributed by atoms with Crippen LogP contribution in [0.1, 0.15) is 106 Å². The van der Waals surface area contributed by atoms with Crippen molar-refractivity contribution in [3.05, 3.63) is 70.0 Å². The molecule has 5 aromatic rings. The van der Waals surface area contributed by atoms with E-state index in [0.29, 0.717) is 48.8 Å². The number of nitrogens with one attached hydrogen (secondary N) is 2. The van der Waals surface area contributed by atoms with Gasteiger partial charge >= 0.3 is 18.0 Å². The van der Waals surface area contributed by atoms with Crippen molar-refractivity contribution in [1.82, 2.24) is 14.5 Å². The number of carbonyl (C=O) groups excluding carboxylic acids is 3. The van der Waals surface area contributed by atoms with Gasteiger partial charge in [0.05, 0.1) is 55.5 Å². The van der Waals surface area contributed by atoms with Crippen molar-refractivity contribution in [2.45, 2.75) is 93.6 Å². The van der Waals surface area contributed by atoms with Crippen molar-refractivity contribution in [3.63, 3.8) is 0 Å². The number of aromatic amines is 2. The van der Waals surface area contributed by atoms with Crippen molar-refractivity contribution >= 4 is 40.7 Å². The number of carbonyl (C=O) groups is 3. The summed E-state index contributed by atoms with van der Waals surface area (Å²) in [6.45, 7) is 18.0. The lowest BCUT2D eigenvalue weighted by molar-refractivity contribution is 0.0509. The fourth-order valence-corrected chi connectivity index (χ4v) is 8.54. The Balaban J connectivity index is 1.60. The third-order valence-electron chi connectivity index (χ3n) is 8.48. The van der Waals surface area contributed by atoms with E-state index in [4.69, 9.17) is 14.2 Å². The Morgan fingerprint density at radius 3 is 1.32 bits per heavy atom. The number of aromatic nitrogens is 3. The molecule has 50 heavy (non-hydrogen) atoms. The molecule has 5 rings (SSSR count). The van der Waals surface area contributed by atoms with E-state index in [1.165, 1.54) is 0 Å². The third-order valence-corrected chi connectivity index (χ3v) is 10.7. The minimum atomic E-state index is -0.711. The first-order valence-corrected chi connectivity index (χ1v) is 19.0. The molecule has 0 spiro atoms. The molecule has 0 aromatic carbocycles. The Morgan fingerprint density at radius 2 is 0.980 bits per heavy atom. The molecule has 0 aliphatic rings. The molecular formula is C39H47N3O6S2. The van der Waals surface area contributed by atoms with Gasteiger partial charge in [-0.25, -0.2) is 19.0 Å². The van der Waals surface area contributed by atoms with Gasteiger partial charge in [0.15, 0.2) is 0 Å². The zero-order valence-electron chi connectivity index (χ0n) is 30.4. The maximum absolute atomic E-state index is 13.9. The van der Waals surface area contributed by atoms with Crippen LogP contribution in [0.15, 0.2) is 36.4 Å². The van der Waals surface area contributed by atoms with Gasteiger partial charge in [-0.3, -0.25) is 0 Å². The molecule has 0 aliphatic carbocycles. The van der Waals surface area contributed by atoms with Gasteiger partial charge < -0.3 is 24.2 Å². The van der Waals surface area contributed by atoms with Crippen LogP contribution < -0.4 is 0 Å². The quantitative estimate of drug-likeness (QED) is 0.0980. The van der Waals surface area contributed by atoms with Crippen LogP contribution in [0, 0.1) is 0 Å². The second-order valence-electron chi connectivity index (χ2n) is 12.8. The van der Waals surface area contributed by atoms with E-state index >= 15 is 0 Å². The summed E-state index contributed by atoms with van der Waals surface area (Å²) in [7, 11) is 0. The van der Waals surface area contributed by atoms with Gasteiger partial charge in [0.25, 0.3) is 0 Å². The van der Waals surface area contributed by atoms with Crippen molar-refractivity contribution in [2.75, 3.05) is 13.2 Å². The molecule has 0 bridgehead atoms. The van der Waals surface area contributed by atoms with Crippen LogP contribution in [0.25, 0.3) is 42.3 Å². The molecule has 0 amide bonds. The van der Waals surface area contributed by atoms with E-state index in [1.807, 2.05) is 71.0 Å². The number of esters is 2. The van der Waals surface area contributed by atoms with Gasteiger partial charge in [0, 0.05) is 0 Å². The predicted molar refractivity (Wildman–Crippen MR) is 202 cm³/mol. The molecule has 0 atom stereocenters. The number of thiophene rings is 2. The molecular weight excluding hydrogens is 671 g/mol. The smallest absolute Gasteiger partial charge is 0.419 e. The van der Waals surface area contributed by atoms with Crippen LogP contribution in [-0.2, 0) is 39.9 Å². The average molecular weight is 718 g/mol. The highest BCUT2D eigenvalue weighted by molar-refractivity contribution is 7.19. The fraction of sp³-hybridized carbons (Fsp3) is 0.410. The Labute approximate surface area is 302 Å². The molecule has 5 aromatic heterocycles. The van der Waals surface area contributed by atoms with E-state index in [0.717, 1.165) is 66.0 Å². The summed E-state index contributed by atoms with van der Waals surface area (Å²) < 4.78 is 18.3. The number of H-pyrrole nitrogens is 2. The van der Waals surface area contributed by atoms with Crippen LogP contribution in [0.4, 0.5) is 4.79 Å². The Kier molecular flexibility index (Phi) is 11.3. The zero-order valence-corrected chi connectivity index (χ0v) is 32.1. The molecule has 266 valence electrons. The molecule has 0 unspecified atom stereocenters. The standard InChI is InChI=1S/C39H47N3O6S2/c1-10-22-24(12-3)34(36(43)46-14-5)40-32(22)30-20-18-28(49-30)26-16-17-27(42(26)38(45)48-39(7,8)9)29-19-21-31(50-29)33-23(11-2)25(13-4)35(41-33)37(44)47-15-6/h16-21,40-41H,10-15H2,1-9H3. The summed E-state index contributed by atoms with van der Waals surface area (Å²) in [5.41, 5.74) is 7.61. The van der Waals surface area contributed by atoms with Crippen molar-refractivity contribution < 1.29 is 28.6 Å². The molecule has 0 radical (unpaired) electrons. The summed E-state index contributed by atoms with van der Waals surface area (Å²) in [6, 6.07) is 12.0. The normalized spacial score (nSPS) is 11.6. The number of rotatable bonds is 12. The fourth-order valence-electron chi connectivity index (χ4n) is 6.44. The molecule has 0 fully saturated rings. The number of hydrogen-bond donors (Lipinski definition) is 2. The number of hydrogen-bond acceptors (Lipinski definition) is 8. The molecule has 0 aliphatic heterocycles. The lowest BCUT2D eigenvalue weighted by atomic mass is 10.0. The second-order valence-corrected chi connectivity index (χ2v) is 14.9. The molecule has 0 saturated heterocycles. The summed E-state index contributed by atoms with van der Waals surface area (Å²) in [6.07, 6.45) is 2.43. The van der Waals surface area contributed by atoms with Gasteiger partial charge in [-0.05, 0) is 119 Å². The minimum Gasteiger partial charge on any atom is -0.461 e. The maximum atomic E-state index is 13.9. The summed E-state index contributed by atoms with van der Waals surface area (Å²) in [5, 5.41) is 0. The summed E-state index contributed by atoms with van der Waals surface area (Å²) in [4.78, 5) is 50.0. The molecule has 11 heteroatoms. The van der Waals surface area contributed by atoms with E-state index in [2.05, 4.69) is 23.8 Å². The van der Waals surface area contributed by atoms with Gasteiger partial charge in [0.2, 0.25) is 0 Å². The Morgan fingerprint density at radius 1 is 0.600 bits per heavy atom. The lowest BCUT2D eigenvalue weighted by Crippen LogP contribution is -2.27. The highest BCUT2D eigenvalue weighted by Gasteiger charge is 2.28. The van der Waals surface area contributed by atoms with Gasteiger partial charge in [-0.15, -0.1) is 22.7 Å². The number of nitrogens with zero attached hydrogens (tertiary/aromatic N) is 1. The van der Waals surface area contributed by atoms with E-state index in [-0.39, 0.29) is 11.9 Å². The van der Waals surface area contributed by atoms with Crippen LogP contribution >= 0.6 is 22.7 Å². The first kappa shape index (κ1) is 36.9. The van der Waals surface area contributed by atoms with Crippen LogP contribution in [-0.4, -0.2) is 51.4 Å². The Bertz CT molecular complexity index is 1880. The highest BCUT2D eigenvalue weighted by atomic mass is 32.1. The van der Waals surface area contributed by atoms with E-state index < -0.39 is 11.7 Å². The van der Waals surface area contributed by atoms with Gasteiger partial charge in [0.1, 0.15) is 17.0 Å². The van der Waals surface area contributed by atoms with Crippen LogP contribution in [0.2, 0.25) is 0 Å². The van der Waals surface area contributed by atoms with Gasteiger partial charge in [-0.1, -0.05) is 27.7 Å². The summed E-state index contributed by atoms with van der Waals surface area (Å²) in [5.74, 6) is -0.705. The molecule has 5 heterocycles. The van der Waals surface area contributed by atoms with Crippen LogP contribution in [0.3, 0.4) is 0 Å². The van der Waals surface area contributed by atoms with Gasteiger partial charge in [-0.2, -0.15) is 0 Å². The van der Waals surface area contributed by atoms with Crippen molar-refractivity contribution in [1.29, 1.82) is 0 Å². The van der Waals surface area contributed by atoms with E-state index in [9.17, 15) is 14.4 Å². The lowest BCUT2D eigenvalue weighted by Gasteiger charge is -2.21. The summed E-state index contributed by atoms with van der Waals surface area (Å²) >= 11 is 3.09. The minimum absolute atomic E-state index is 0.301. The maximum Gasteiger partial charge on any atom is 0.419 e. The number of ether oxygens (including phenoxy) is 3. The third kappa shape index (κ3) is 7.11. The second kappa shape index (κ2) is 15.3. The van der Waals surface area contributed by atoms with Crippen LogP contribution in [0.5, 0.6) is 0 Å². The Hall–Kier alpha value is -4.35. The highest BCUT2D eigenvalue weighted by Crippen LogP contribution is 2.43. The first-order valence-electron chi connectivity index (χ1n) is 17.4. The predicted octanol–water partition coefficient (Wildman–Crippen LogP) is 10.3. The topological polar surface area (TPSA) is 115 Å². The molecule has 9 nitrogen and oxygen atoms in total. The molecule has 0 saturated carbocycles. The first-order chi connectivity index (χ1) is 23.9. The van der Waals surface area contributed by atoms with Crippen molar-refractivity contribution in [3.8, 4) is 42.3 Å². The molecule has 2 N–H and O–H groups in total. The van der Waals surface area contributed by atoms with E-state index in [1.54, 1.807) is 41.1 Å². The average Bonchev–Trinajstić information content (AvgIpc) is 3.90. The SMILES string of the molecule is CCOC(=O)c1[nH]c(-c2ccc(-c3ccc(-c4ccc(-c5[nH]c(C(=O)OCC)c(CC)c5CC)s4)n3C(=O)OC(C)(C)C)s2)c(CC)c1CC. The van der Waals surface area contributed by atoms with Crippen molar-refractivity contribution in [2.24, 2.45) is 0 Å². The zero-order chi connectivity index (χ0) is 36.3. The monoisotopic (exact) mass is 717 g/mol.